The molecule has 1 fully saturated rings. The molecule has 1 aromatic heterocycles. The van der Waals surface area contributed by atoms with E-state index in [0.29, 0.717) is 12.6 Å². The maximum Gasteiger partial charge on any atom is 0.417 e. The minimum Gasteiger partial charge on any atom is -0.411 e. The predicted octanol–water partition coefficient (Wildman–Crippen LogP) is 2.57. The summed E-state index contributed by atoms with van der Waals surface area (Å²) in [6, 6.07) is 0.727. The first-order valence-electron chi connectivity index (χ1n) is 5.56. The summed E-state index contributed by atoms with van der Waals surface area (Å²) in [7, 11) is 0. The number of amides is 1. The number of pyridine rings is 1. The van der Waals surface area contributed by atoms with Crippen molar-refractivity contribution < 1.29 is 23.2 Å². The second-order valence-electron chi connectivity index (χ2n) is 4.18. The number of hydrogen-bond acceptors (Lipinski definition) is 4. The van der Waals surface area contributed by atoms with Crippen LogP contribution in [0.15, 0.2) is 17.4 Å². The molecule has 2 heterocycles. The van der Waals surface area contributed by atoms with E-state index in [9.17, 15) is 18.0 Å². The van der Waals surface area contributed by atoms with E-state index in [4.69, 9.17) is 16.8 Å². The number of hydrogen-bond donors (Lipinski definition) is 1. The summed E-state index contributed by atoms with van der Waals surface area (Å²) in [5.74, 6) is -1.07. The Balaban J connectivity index is 2.29. The minimum atomic E-state index is -4.55. The molecule has 0 spiro atoms. The average Bonchev–Trinajstić information content (AvgIpc) is 2.71. The summed E-state index contributed by atoms with van der Waals surface area (Å²) in [6.07, 6.45) is -2.47. The maximum absolute atomic E-state index is 12.5. The Bertz CT molecular complexity index is 562. The zero-order valence-electron chi connectivity index (χ0n) is 9.93. The normalized spacial score (nSPS) is 20.1. The van der Waals surface area contributed by atoms with Crippen molar-refractivity contribution in [3.63, 3.8) is 0 Å². The maximum atomic E-state index is 12.5. The lowest BCUT2D eigenvalue weighted by Gasteiger charge is -2.17. The molecule has 1 saturated heterocycles. The van der Waals surface area contributed by atoms with Crippen LogP contribution in [0.4, 0.5) is 19.0 Å². The van der Waals surface area contributed by atoms with E-state index in [1.807, 2.05) is 0 Å². The fourth-order valence-corrected chi connectivity index (χ4v) is 2.18. The molecule has 0 saturated carbocycles. The topological polar surface area (TPSA) is 65.8 Å². The molecule has 1 atom stereocenters. The van der Waals surface area contributed by atoms with Gasteiger partial charge in [0.2, 0.25) is 5.91 Å². The summed E-state index contributed by atoms with van der Waals surface area (Å²) < 4.78 is 37.5. The zero-order valence-corrected chi connectivity index (χ0v) is 10.7. The van der Waals surface area contributed by atoms with Gasteiger partial charge < -0.3 is 5.21 Å². The summed E-state index contributed by atoms with van der Waals surface area (Å²) in [4.78, 5) is 16.7. The SMILES string of the molecule is O=C1[C@H](/C=N\O)CCN1c1ncc(C(F)(F)F)cc1Cl. The molecule has 0 bridgehead atoms. The zero-order chi connectivity index (χ0) is 14.9. The van der Waals surface area contributed by atoms with Gasteiger partial charge in [-0.05, 0) is 12.5 Å². The molecule has 1 aromatic rings. The molecule has 5 nitrogen and oxygen atoms in total. The van der Waals surface area contributed by atoms with Crippen molar-refractivity contribution in [3.8, 4) is 0 Å². The first kappa shape index (κ1) is 14.6. The average molecular weight is 308 g/mol. The number of alkyl halides is 3. The highest BCUT2D eigenvalue weighted by Crippen LogP contribution is 2.35. The van der Waals surface area contributed by atoms with Crippen molar-refractivity contribution >= 4 is 29.5 Å². The fraction of sp³-hybridized carbons (Fsp3) is 0.364. The van der Waals surface area contributed by atoms with E-state index in [1.54, 1.807) is 0 Å². The van der Waals surface area contributed by atoms with Crippen LogP contribution in [-0.2, 0) is 11.0 Å². The Labute approximate surface area is 116 Å². The van der Waals surface area contributed by atoms with E-state index in [-0.39, 0.29) is 17.4 Å². The van der Waals surface area contributed by atoms with E-state index < -0.39 is 23.6 Å². The Morgan fingerprint density at radius 3 is 2.80 bits per heavy atom. The first-order chi connectivity index (χ1) is 9.34. The summed E-state index contributed by atoms with van der Waals surface area (Å²) in [6.45, 7) is 0.244. The Kier molecular flexibility index (Phi) is 3.85. The number of aromatic nitrogens is 1. The Morgan fingerprint density at radius 2 is 2.25 bits per heavy atom. The highest BCUT2D eigenvalue weighted by Gasteiger charge is 2.36. The van der Waals surface area contributed by atoms with Gasteiger partial charge in [-0.15, -0.1) is 5.16 Å². The number of halogens is 4. The van der Waals surface area contributed by atoms with Crippen LogP contribution in [0, 0.1) is 5.92 Å². The Morgan fingerprint density at radius 1 is 1.55 bits per heavy atom. The van der Waals surface area contributed by atoms with Crippen LogP contribution in [0.2, 0.25) is 5.02 Å². The number of anilines is 1. The lowest BCUT2D eigenvalue weighted by Crippen LogP contribution is -2.28. The molecule has 0 aliphatic carbocycles. The molecule has 1 amide bonds. The van der Waals surface area contributed by atoms with Gasteiger partial charge in [0.05, 0.1) is 22.7 Å². The van der Waals surface area contributed by atoms with E-state index in [0.717, 1.165) is 12.3 Å². The van der Waals surface area contributed by atoms with Gasteiger partial charge in [0.1, 0.15) is 0 Å². The molecule has 1 aliphatic rings. The second-order valence-corrected chi connectivity index (χ2v) is 4.58. The third kappa shape index (κ3) is 2.69. The lowest BCUT2D eigenvalue weighted by atomic mass is 10.1. The molecular formula is C11H9ClF3N3O2. The molecular weight excluding hydrogens is 299 g/mol. The van der Waals surface area contributed by atoms with Gasteiger partial charge in [0, 0.05) is 12.7 Å². The largest absolute Gasteiger partial charge is 0.417 e. The highest BCUT2D eigenvalue weighted by atomic mass is 35.5. The van der Waals surface area contributed by atoms with Gasteiger partial charge in [-0.2, -0.15) is 13.2 Å². The van der Waals surface area contributed by atoms with Crippen LogP contribution in [-0.4, -0.2) is 28.9 Å². The monoisotopic (exact) mass is 307 g/mol. The van der Waals surface area contributed by atoms with Crippen LogP contribution in [0.1, 0.15) is 12.0 Å². The van der Waals surface area contributed by atoms with Crippen LogP contribution in [0.3, 0.4) is 0 Å². The standard InChI is InChI=1S/C11H9ClF3N3O2/c12-8-3-7(11(13,14)15)5-16-9(8)18-2-1-6(4-17-20)10(18)19/h3-6,20H,1-2H2/b17-4-/t6-/m0/s1. The van der Waals surface area contributed by atoms with Crippen LogP contribution >= 0.6 is 11.6 Å². The summed E-state index contributed by atoms with van der Waals surface area (Å²) >= 11 is 5.77. The molecule has 0 aromatic carbocycles. The molecule has 1 aliphatic heterocycles. The predicted molar refractivity (Wildman–Crippen MR) is 65.0 cm³/mol. The fourth-order valence-electron chi connectivity index (χ4n) is 1.92. The van der Waals surface area contributed by atoms with E-state index in [2.05, 4.69) is 10.1 Å². The van der Waals surface area contributed by atoms with E-state index in [1.165, 1.54) is 4.90 Å². The van der Waals surface area contributed by atoms with Gasteiger partial charge in [0.15, 0.2) is 5.82 Å². The molecule has 9 heteroatoms. The van der Waals surface area contributed by atoms with Gasteiger partial charge in [-0.25, -0.2) is 4.98 Å². The van der Waals surface area contributed by atoms with Crippen LogP contribution in [0.25, 0.3) is 0 Å². The third-order valence-electron chi connectivity index (χ3n) is 2.90. The minimum absolute atomic E-state index is 0.0292. The smallest absolute Gasteiger partial charge is 0.411 e. The molecule has 2 rings (SSSR count). The van der Waals surface area contributed by atoms with Crippen molar-refractivity contribution in [1.82, 2.24) is 4.98 Å². The summed E-state index contributed by atoms with van der Waals surface area (Å²) in [5.41, 5.74) is -0.980. The van der Waals surface area contributed by atoms with Crippen molar-refractivity contribution in [2.45, 2.75) is 12.6 Å². The van der Waals surface area contributed by atoms with Crippen LogP contribution < -0.4 is 4.90 Å². The lowest BCUT2D eigenvalue weighted by molar-refractivity contribution is -0.137. The number of carbonyl (C=O) groups is 1. The van der Waals surface area contributed by atoms with Crippen molar-refractivity contribution in [2.24, 2.45) is 11.1 Å². The van der Waals surface area contributed by atoms with Crippen molar-refractivity contribution in [2.75, 3.05) is 11.4 Å². The van der Waals surface area contributed by atoms with Gasteiger partial charge in [0.25, 0.3) is 0 Å². The second kappa shape index (κ2) is 5.28. The number of oxime groups is 1. The number of nitrogens with zero attached hydrogens (tertiary/aromatic N) is 3. The molecule has 20 heavy (non-hydrogen) atoms. The number of carbonyl (C=O) groups excluding carboxylic acids is 1. The molecule has 108 valence electrons. The third-order valence-corrected chi connectivity index (χ3v) is 3.18. The Hall–Kier alpha value is -1.83. The molecule has 0 unspecified atom stereocenters. The van der Waals surface area contributed by atoms with E-state index >= 15 is 0 Å². The molecule has 1 N–H and O–H groups in total. The van der Waals surface area contributed by atoms with Gasteiger partial charge >= 0.3 is 6.18 Å². The quantitative estimate of drug-likeness (QED) is 0.519. The van der Waals surface area contributed by atoms with Crippen molar-refractivity contribution in [3.05, 3.63) is 22.8 Å². The van der Waals surface area contributed by atoms with Crippen LogP contribution in [0.5, 0.6) is 0 Å². The summed E-state index contributed by atoms with van der Waals surface area (Å²) in [5, 5.41) is 10.9. The highest BCUT2D eigenvalue weighted by molar-refractivity contribution is 6.33. The van der Waals surface area contributed by atoms with Crippen molar-refractivity contribution in [1.29, 1.82) is 0 Å². The van der Waals surface area contributed by atoms with Gasteiger partial charge in [-0.3, -0.25) is 9.69 Å². The van der Waals surface area contributed by atoms with Gasteiger partial charge in [-0.1, -0.05) is 11.6 Å². The number of rotatable bonds is 2. The molecule has 0 radical (unpaired) electrons. The first-order valence-corrected chi connectivity index (χ1v) is 5.94.